The molecule has 2 aliphatic heterocycles. The van der Waals surface area contributed by atoms with Crippen LogP contribution in [0, 0.1) is 0 Å². The zero-order chi connectivity index (χ0) is 23.5. The van der Waals surface area contributed by atoms with Crippen LogP contribution in [0.25, 0.3) is 17.0 Å². The summed E-state index contributed by atoms with van der Waals surface area (Å²) in [6.07, 6.45) is 8.04. The summed E-state index contributed by atoms with van der Waals surface area (Å²) >= 11 is 5.37. The summed E-state index contributed by atoms with van der Waals surface area (Å²) in [5.74, 6) is -0.680. The van der Waals surface area contributed by atoms with E-state index in [9.17, 15) is 14.4 Å². The standard InChI is InChI=1S/C24H28N4O4S/c1-25-23(31)20(28(24(25)33)16-22(30)32-2)13-17-14-27(19-10-6-5-9-18(17)19)15-21(29)26-11-7-3-4-8-12-26/h5-6,9-10,13-14H,3-4,7-8,11-12,15-16H2,1-2H3/b20-13-. The molecule has 0 N–H and O–H groups in total. The van der Waals surface area contributed by atoms with Gasteiger partial charge in [-0.25, -0.2) is 0 Å². The minimum atomic E-state index is -0.489. The number of fused-ring (bicyclic) bond motifs is 1. The molecule has 2 aliphatic rings. The van der Waals surface area contributed by atoms with Crippen LogP contribution in [0.1, 0.15) is 31.2 Å². The molecule has 4 rings (SSSR count). The van der Waals surface area contributed by atoms with E-state index in [0.717, 1.165) is 42.4 Å². The highest BCUT2D eigenvalue weighted by atomic mass is 32.1. The molecule has 1 aromatic carbocycles. The first-order valence-corrected chi connectivity index (χ1v) is 11.5. The van der Waals surface area contributed by atoms with Gasteiger partial charge in [0.1, 0.15) is 18.8 Å². The van der Waals surface area contributed by atoms with E-state index in [2.05, 4.69) is 0 Å². The van der Waals surface area contributed by atoms with Gasteiger partial charge in [0.05, 0.1) is 7.11 Å². The zero-order valence-corrected chi connectivity index (χ0v) is 19.8. The number of hydrogen-bond acceptors (Lipinski definition) is 5. The number of benzene rings is 1. The van der Waals surface area contributed by atoms with Crippen molar-refractivity contribution in [3.63, 3.8) is 0 Å². The van der Waals surface area contributed by atoms with Crippen molar-refractivity contribution in [2.45, 2.75) is 32.2 Å². The number of carbonyl (C=O) groups is 3. The molecule has 8 nitrogen and oxygen atoms in total. The Hall–Kier alpha value is -3.20. The second kappa shape index (κ2) is 9.74. The summed E-state index contributed by atoms with van der Waals surface area (Å²) in [4.78, 5) is 42.6. The molecule has 2 saturated heterocycles. The van der Waals surface area contributed by atoms with Crippen LogP contribution in [0.4, 0.5) is 0 Å². The number of nitrogens with zero attached hydrogens (tertiary/aromatic N) is 4. The monoisotopic (exact) mass is 468 g/mol. The van der Waals surface area contributed by atoms with E-state index in [-0.39, 0.29) is 30.0 Å². The first kappa shape index (κ1) is 23.0. The molecule has 0 radical (unpaired) electrons. The summed E-state index contributed by atoms with van der Waals surface area (Å²) in [6, 6.07) is 7.78. The molecule has 2 aromatic rings. The molecule has 3 heterocycles. The second-order valence-corrected chi connectivity index (χ2v) is 8.73. The number of likely N-dealkylation sites (N-methyl/N-ethyl adjacent to an activating group) is 1. The Balaban J connectivity index is 1.68. The van der Waals surface area contributed by atoms with E-state index in [0.29, 0.717) is 5.70 Å². The Kier molecular flexibility index (Phi) is 6.78. The van der Waals surface area contributed by atoms with Gasteiger partial charge in [0.25, 0.3) is 5.91 Å². The van der Waals surface area contributed by atoms with Gasteiger partial charge in [-0.2, -0.15) is 0 Å². The minimum absolute atomic E-state index is 0.0991. The van der Waals surface area contributed by atoms with Crippen molar-refractivity contribution in [3.05, 3.63) is 41.7 Å². The average molecular weight is 469 g/mol. The number of amides is 2. The van der Waals surface area contributed by atoms with Gasteiger partial charge in [0.2, 0.25) is 5.91 Å². The fraction of sp³-hybridized carbons (Fsp3) is 0.417. The van der Waals surface area contributed by atoms with Gasteiger partial charge in [-0.1, -0.05) is 31.0 Å². The van der Waals surface area contributed by atoms with E-state index >= 15 is 0 Å². The van der Waals surface area contributed by atoms with Crippen molar-refractivity contribution < 1.29 is 19.1 Å². The van der Waals surface area contributed by atoms with Crippen LogP contribution in [0.3, 0.4) is 0 Å². The first-order valence-electron chi connectivity index (χ1n) is 11.1. The lowest BCUT2D eigenvalue weighted by molar-refractivity contribution is -0.140. The Morgan fingerprint density at radius 2 is 1.79 bits per heavy atom. The number of rotatable bonds is 5. The van der Waals surface area contributed by atoms with Crippen molar-refractivity contribution in [2.75, 3.05) is 33.8 Å². The smallest absolute Gasteiger partial charge is 0.325 e. The van der Waals surface area contributed by atoms with Crippen LogP contribution >= 0.6 is 12.2 Å². The fourth-order valence-corrected chi connectivity index (χ4v) is 4.62. The summed E-state index contributed by atoms with van der Waals surface area (Å²) in [7, 11) is 2.88. The topological polar surface area (TPSA) is 75.1 Å². The van der Waals surface area contributed by atoms with Gasteiger partial charge in [0.15, 0.2) is 5.11 Å². The lowest BCUT2D eigenvalue weighted by atomic mass is 10.1. The Labute approximate surface area is 198 Å². The number of para-hydroxylation sites is 1. The number of methoxy groups -OCH3 is 1. The molecule has 2 fully saturated rings. The lowest BCUT2D eigenvalue weighted by Gasteiger charge is -2.20. The maximum absolute atomic E-state index is 13.0. The molecule has 0 spiro atoms. The third-order valence-corrected chi connectivity index (χ3v) is 6.72. The summed E-state index contributed by atoms with van der Waals surface area (Å²) in [5.41, 5.74) is 1.99. The highest BCUT2D eigenvalue weighted by Crippen LogP contribution is 2.28. The van der Waals surface area contributed by atoms with Crippen LogP contribution in [-0.2, 0) is 25.7 Å². The van der Waals surface area contributed by atoms with Crippen molar-refractivity contribution in [3.8, 4) is 0 Å². The van der Waals surface area contributed by atoms with Crippen LogP contribution in [0.2, 0.25) is 0 Å². The number of ether oxygens (including phenoxy) is 1. The Morgan fingerprint density at radius 1 is 1.09 bits per heavy atom. The predicted molar refractivity (Wildman–Crippen MR) is 129 cm³/mol. The summed E-state index contributed by atoms with van der Waals surface area (Å²) in [5, 5.41) is 1.16. The molecule has 0 atom stereocenters. The number of aromatic nitrogens is 1. The molecule has 33 heavy (non-hydrogen) atoms. The first-order chi connectivity index (χ1) is 15.9. The summed E-state index contributed by atoms with van der Waals surface area (Å²) < 4.78 is 6.70. The van der Waals surface area contributed by atoms with Crippen molar-refractivity contribution in [1.29, 1.82) is 0 Å². The highest BCUT2D eigenvalue weighted by Gasteiger charge is 2.37. The quantitative estimate of drug-likeness (QED) is 0.382. The van der Waals surface area contributed by atoms with Gasteiger partial charge < -0.3 is 19.1 Å². The number of hydrogen-bond donors (Lipinski definition) is 0. The zero-order valence-electron chi connectivity index (χ0n) is 19.0. The number of esters is 1. The second-order valence-electron chi connectivity index (χ2n) is 8.36. The lowest BCUT2D eigenvalue weighted by Crippen LogP contribution is -2.34. The van der Waals surface area contributed by atoms with Crippen molar-refractivity contribution in [1.82, 2.24) is 19.3 Å². The number of thiocarbonyl (C=S) groups is 1. The Bertz CT molecular complexity index is 1130. The molecule has 0 bridgehead atoms. The Morgan fingerprint density at radius 3 is 2.48 bits per heavy atom. The summed E-state index contributed by atoms with van der Waals surface area (Å²) in [6.45, 7) is 1.69. The van der Waals surface area contributed by atoms with Gasteiger partial charge in [-0.15, -0.1) is 0 Å². The van der Waals surface area contributed by atoms with Gasteiger partial charge in [-0.05, 0) is 37.2 Å². The molecule has 174 valence electrons. The number of likely N-dealkylation sites (tertiary alicyclic amines) is 1. The van der Waals surface area contributed by atoms with Crippen LogP contribution in [0.15, 0.2) is 36.2 Å². The molecular weight excluding hydrogens is 440 g/mol. The van der Waals surface area contributed by atoms with E-state index in [1.807, 2.05) is 39.9 Å². The largest absolute Gasteiger partial charge is 0.468 e. The number of carbonyl (C=O) groups excluding carboxylic acids is 3. The highest BCUT2D eigenvalue weighted by molar-refractivity contribution is 7.80. The fourth-order valence-electron chi connectivity index (χ4n) is 4.38. The maximum Gasteiger partial charge on any atom is 0.325 e. The van der Waals surface area contributed by atoms with Crippen molar-refractivity contribution in [2.24, 2.45) is 0 Å². The van der Waals surface area contributed by atoms with E-state index < -0.39 is 5.97 Å². The molecule has 9 heteroatoms. The normalized spacial score (nSPS) is 18.4. The molecule has 0 aliphatic carbocycles. The molecule has 0 unspecified atom stereocenters. The maximum atomic E-state index is 13.0. The molecular formula is C24H28N4O4S. The van der Waals surface area contributed by atoms with Crippen molar-refractivity contribution >= 4 is 52.1 Å². The molecule has 2 amide bonds. The van der Waals surface area contributed by atoms with E-state index in [1.165, 1.54) is 29.8 Å². The minimum Gasteiger partial charge on any atom is -0.468 e. The third-order valence-electron chi connectivity index (χ3n) is 6.22. The van der Waals surface area contributed by atoms with Crippen LogP contribution in [-0.4, -0.2) is 76.0 Å². The average Bonchev–Trinajstić information content (AvgIpc) is 3.08. The molecule has 1 aromatic heterocycles. The van der Waals surface area contributed by atoms with Gasteiger partial charge in [-0.3, -0.25) is 19.3 Å². The molecule has 0 saturated carbocycles. The van der Waals surface area contributed by atoms with Gasteiger partial charge in [0, 0.05) is 42.8 Å². The van der Waals surface area contributed by atoms with Crippen LogP contribution < -0.4 is 0 Å². The third kappa shape index (κ3) is 4.64. The van der Waals surface area contributed by atoms with Gasteiger partial charge >= 0.3 is 5.97 Å². The SMILES string of the molecule is COC(=O)CN1C(=S)N(C)C(=O)/C1=C/c1cn(CC(=O)N2CCCCCC2)c2ccccc12. The predicted octanol–water partition coefficient (Wildman–Crippen LogP) is 2.62. The van der Waals surface area contributed by atoms with E-state index in [4.69, 9.17) is 17.0 Å². The van der Waals surface area contributed by atoms with E-state index in [1.54, 1.807) is 13.1 Å². The van der Waals surface area contributed by atoms with Crippen LogP contribution in [0.5, 0.6) is 0 Å².